The van der Waals surface area contributed by atoms with Crippen LogP contribution in [0.25, 0.3) is 11.3 Å². The lowest BCUT2D eigenvalue weighted by atomic mass is 10.3. The van der Waals surface area contributed by atoms with Crippen molar-refractivity contribution in [3.8, 4) is 11.3 Å². The van der Waals surface area contributed by atoms with Crippen LogP contribution in [0.1, 0.15) is 0 Å². The van der Waals surface area contributed by atoms with Crippen LogP contribution >= 0.6 is 0 Å². The van der Waals surface area contributed by atoms with E-state index in [9.17, 15) is 0 Å². The molecular weight excluding hydrogens is 140 g/mol. The summed E-state index contributed by atoms with van der Waals surface area (Å²) in [6, 6.07) is 1.85. The molecule has 0 bridgehead atoms. The monoisotopic (exact) mass is 146 g/mol. The molecular formula is C8H6N2O. The van der Waals surface area contributed by atoms with Crippen molar-refractivity contribution in [2.24, 2.45) is 0 Å². The van der Waals surface area contributed by atoms with Crippen LogP contribution in [0.15, 0.2) is 41.6 Å². The Morgan fingerprint density at radius 3 is 2.91 bits per heavy atom. The zero-order valence-electron chi connectivity index (χ0n) is 5.77. The molecule has 0 atom stereocenters. The molecule has 2 rings (SSSR count). The van der Waals surface area contributed by atoms with E-state index in [4.69, 9.17) is 4.42 Å². The van der Waals surface area contributed by atoms with Crippen LogP contribution in [0.3, 0.4) is 0 Å². The Balaban J connectivity index is 2.46. The molecule has 0 aromatic carbocycles. The van der Waals surface area contributed by atoms with Crippen molar-refractivity contribution in [2.75, 3.05) is 0 Å². The van der Waals surface area contributed by atoms with E-state index >= 15 is 0 Å². The first-order valence-corrected chi connectivity index (χ1v) is 3.25. The molecule has 2 heterocycles. The van der Waals surface area contributed by atoms with Gasteiger partial charge in [-0.15, -0.1) is 0 Å². The second-order valence-electron chi connectivity index (χ2n) is 2.10. The number of aromatic nitrogens is 2. The van der Waals surface area contributed by atoms with E-state index in [1.807, 2.05) is 6.07 Å². The highest BCUT2D eigenvalue weighted by Gasteiger charge is 1.97. The largest absolute Gasteiger partial charge is 0.472 e. The maximum Gasteiger partial charge on any atom is 0.0997 e. The van der Waals surface area contributed by atoms with Crippen molar-refractivity contribution in [3.05, 3.63) is 37.2 Å². The molecule has 0 radical (unpaired) electrons. The van der Waals surface area contributed by atoms with Crippen LogP contribution < -0.4 is 0 Å². The molecule has 0 unspecified atom stereocenters. The highest BCUT2D eigenvalue weighted by Crippen LogP contribution is 2.14. The average Bonchev–Trinajstić information content (AvgIpc) is 2.58. The Kier molecular flexibility index (Phi) is 1.41. The fraction of sp³-hybridized carbons (Fsp3) is 0. The van der Waals surface area contributed by atoms with E-state index in [2.05, 4.69) is 9.97 Å². The predicted octanol–water partition coefficient (Wildman–Crippen LogP) is 1.74. The van der Waals surface area contributed by atoms with Crippen molar-refractivity contribution in [3.63, 3.8) is 0 Å². The SMILES string of the molecule is c1cnc(-c2ccoc2)cn1. The van der Waals surface area contributed by atoms with Crippen LogP contribution in [-0.4, -0.2) is 9.97 Å². The molecule has 3 nitrogen and oxygen atoms in total. The summed E-state index contributed by atoms with van der Waals surface area (Å²) < 4.78 is 4.90. The fourth-order valence-electron chi connectivity index (χ4n) is 0.858. The van der Waals surface area contributed by atoms with Gasteiger partial charge in [0.1, 0.15) is 0 Å². The third-order valence-electron chi connectivity index (χ3n) is 1.38. The zero-order chi connectivity index (χ0) is 7.52. The van der Waals surface area contributed by atoms with E-state index in [1.54, 1.807) is 31.1 Å². The van der Waals surface area contributed by atoms with Crippen molar-refractivity contribution in [2.45, 2.75) is 0 Å². The molecule has 0 N–H and O–H groups in total. The van der Waals surface area contributed by atoms with Crippen LogP contribution in [0.5, 0.6) is 0 Å². The number of rotatable bonds is 1. The van der Waals surface area contributed by atoms with Crippen LogP contribution in [-0.2, 0) is 0 Å². The van der Waals surface area contributed by atoms with Crippen LogP contribution in [0.2, 0.25) is 0 Å². The number of hydrogen-bond donors (Lipinski definition) is 0. The summed E-state index contributed by atoms with van der Waals surface area (Å²) in [6.07, 6.45) is 8.25. The van der Waals surface area contributed by atoms with E-state index in [0.29, 0.717) is 0 Å². The zero-order valence-corrected chi connectivity index (χ0v) is 5.77. The number of furan rings is 1. The van der Waals surface area contributed by atoms with Gasteiger partial charge in [0.25, 0.3) is 0 Å². The molecule has 2 aromatic heterocycles. The lowest BCUT2D eigenvalue weighted by Crippen LogP contribution is -1.80. The van der Waals surface area contributed by atoms with E-state index in [1.165, 1.54) is 0 Å². The Hall–Kier alpha value is -1.64. The molecule has 0 spiro atoms. The molecule has 0 saturated carbocycles. The summed E-state index contributed by atoms with van der Waals surface area (Å²) in [4.78, 5) is 8.04. The van der Waals surface area contributed by atoms with Gasteiger partial charge in [-0.2, -0.15) is 0 Å². The molecule has 0 fully saturated rings. The summed E-state index contributed by atoms with van der Waals surface area (Å²) in [6.45, 7) is 0. The summed E-state index contributed by atoms with van der Waals surface area (Å²) >= 11 is 0. The molecule has 2 aromatic rings. The maximum absolute atomic E-state index is 4.90. The topological polar surface area (TPSA) is 38.9 Å². The quantitative estimate of drug-likeness (QED) is 0.615. The van der Waals surface area contributed by atoms with Crippen molar-refractivity contribution in [1.29, 1.82) is 0 Å². The molecule has 0 amide bonds. The first kappa shape index (κ1) is 6.09. The van der Waals surface area contributed by atoms with Crippen LogP contribution in [0.4, 0.5) is 0 Å². The van der Waals surface area contributed by atoms with E-state index in [-0.39, 0.29) is 0 Å². The number of hydrogen-bond acceptors (Lipinski definition) is 3. The lowest BCUT2D eigenvalue weighted by molar-refractivity contribution is 0.568. The van der Waals surface area contributed by atoms with Gasteiger partial charge in [0.15, 0.2) is 0 Å². The van der Waals surface area contributed by atoms with Gasteiger partial charge in [0, 0.05) is 18.0 Å². The Labute approximate surface area is 63.7 Å². The highest BCUT2D eigenvalue weighted by molar-refractivity contribution is 5.55. The molecule has 0 aliphatic rings. The van der Waals surface area contributed by atoms with Gasteiger partial charge in [-0.1, -0.05) is 0 Å². The third-order valence-corrected chi connectivity index (χ3v) is 1.38. The van der Waals surface area contributed by atoms with Gasteiger partial charge in [0.2, 0.25) is 0 Å². The molecule has 0 aliphatic heterocycles. The Morgan fingerprint density at radius 1 is 1.27 bits per heavy atom. The second kappa shape index (κ2) is 2.54. The summed E-state index contributed by atoms with van der Waals surface area (Å²) in [5, 5.41) is 0. The fourth-order valence-corrected chi connectivity index (χ4v) is 0.858. The van der Waals surface area contributed by atoms with Gasteiger partial charge < -0.3 is 4.42 Å². The Bertz CT molecular complexity index is 315. The van der Waals surface area contributed by atoms with Gasteiger partial charge in [-0.05, 0) is 6.07 Å². The maximum atomic E-state index is 4.90. The number of nitrogens with zero attached hydrogens (tertiary/aromatic N) is 2. The van der Waals surface area contributed by atoms with E-state index in [0.717, 1.165) is 11.3 Å². The third kappa shape index (κ3) is 1.12. The standard InChI is InChI=1S/C8H6N2O/c1-4-11-6-7(1)8-5-9-2-3-10-8/h1-6H. The minimum Gasteiger partial charge on any atom is -0.472 e. The van der Waals surface area contributed by atoms with E-state index < -0.39 is 0 Å². The van der Waals surface area contributed by atoms with Gasteiger partial charge in [0.05, 0.1) is 24.4 Å². The van der Waals surface area contributed by atoms with Crippen molar-refractivity contribution >= 4 is 0 Å². The first-order chi connectivity index (χ1) is 5.47. The average molecular weight is 146 g/mol. The molecule has 3 heteroatoms. The Morgan fingerprint density at radius 2 is 2.27 bits per heavy atom. The normalized spacial score (nSPS) is 9.82. The van der Waals surface area contributed by atoms with Crippen LogP contribution in [0, 0.1) is 0 Å². The van der Waals surface area contributed by atoms with Gasteiger partial charge >= 0.3 is 0 Å². The summed E-state index contributed by atoms with van der Waals surface area (Å²) in [7, 11) is 0. The van der Waals surface area contributed by atoms with Crippen molar-refractivity contribution < 1.29 is 4.42 Å². The highest BCUT2D eigenvalue weighted by atomic mass is 16.3. The smallest absolute Gasteiger partial charge is 0.0997 e. The first-order valence-electron chi connectivity index (χ1n) is 3.25. The van der Waals surface area contributed by atoms with Gasteiger partial charge in [-0.25, -0.2) is 0 Å². The lowest BCUT2D eigenvalue weighted by Gasteiger charge is -1.90. The predicted molar refractivity (Wildman–Crippen MR) is 39.7 cm³/mol. The summed E-state index contributed by atoms with van der Waals surface area (Å²) in [5.74, 6) is 0. The molecule has 0 saturated heterocycles. The van der Waals surface area contributed by atoms with Crippen molar-refractivity contribution in [1.82, 2.24) is 9.97 Å². The minimum absolute atomic E-state index is 0.834. The molecule has 0 aliphatic carbocycles. The molecule has 11 heavy (non-hydrogen) atoms. The summed E-state index contributed by atoms with van der Waals surface area (Å²) in [5.41, 5.74) is 1.79. The second-order valence-corrected chi connectivity index (χ2v) is 2.10. The minimum atomic E-state index is 0.834. The molecule has 54 valence electrons. The van der Waals surface area contributed by atoms with Gasteiger partial charge in [-0.3, -0.25) is 9.97 Å².